The third kappa shape index (κ3) is 4.29. The van der Waals surface area contributed by atoms with Crippen molar-refractivity contribution in [3.05, 3.63) is 53.0 Å². The van der Waals surface area contributed by atoms with Gasteiger partial charge < -0.3 is 0 Å². The van der Waals surface area contributed by atoms with Crippen LogP contribution in [0.3, 0.4) is 0 Å². The molecule has 7 heteroatoms. The monoisotopic (exact) mass is 341 g/mol. The van der Waals surface area contributed by atoms with E-state index in [1.807, 2.05) is 0 Å². The highest BCUT2D eigenvalue weighted by Gasteiger charge is 2.12. The van der Waals surface area contributed by atoms with Crippen molar-refractivity contribution in [2.75, 3.05) is 10.5 Å². The van der Waals surface area contributed by atoms with Gasteiger partial charge in [0.25, 0.3) is 0 Å². The number of anilines is 1. The summed E-state index contributed by atoms with van der Waals surface area (Å²) in [5.74, 6) is 0.0196. The zero-order chi connectivity index (χ0) is 13.7. The summed E-state index contributed by atoms with van der Waals surface area (Å²) < 4.78 is 27.1. The largest absolute Gasteiger partial charge is 0.282 e. The molecule has 0 aliphatic rings. The summed E-state index contributed by atoms with van der Waals surface area (Å²) in [6.45, 7) is 0. The molecule has 0 bridgehead atoms. The van der Waals surface area contributed by atoms with E-state index in [4.69, 9.17) is 0 Å². The Labute approximate surface area is 120 Å². The van der Waals surface area contributed by atoms with E-state index in [1.165, 1.54) is 6.20 Å². The van der Waals surface area contributed by atoms with Gasteiger partial charge in [0.05, 0.1) is 15.9 Å². The van der Waals surface area contributed by atoms with Crippen molar-refractivity contribution in [1.29, 1.82) is 0 Å². The third-order valence-corrected chi connectivity index (χ3v) is 4.35. The Bertz CT molecular complexity index is 647. The van der Waals surface area contributed by atoms with Crippen LogP contribution in [0.25, 0.3) is 0 Å². The van der Waals surface area contributed by atoms with Crippen LogP contribution in [-0.4, -0.2) is 24.1 Å². The van der Waals surface area contributed by atoms with E-state index < -0.39 is 10.0 Å². The molecule has 0 saturated heterocycles. The van der Waals surface area contributed by atoms with Crippen molar-refractivity contribution in [1.82, 2.24) is 9.97 Å². The van der Waals surface area contributed by atoms with Crippen LogP contribution in [0.1, 0.15) is 5.56 Å². The molecule has 1 N–H and O–H groups in total. The van der Waals surface area contributed by atoms with Crippen molar-refractivity contribution in [3.63, 3.8) is 0 Å². The minimum atomic E-state index is -3.38. The molecule has 0 aliphatic carbocycles. The Morgan fingerprint density at radius 1 is 1.11 bits per heavy atom. The molecule has 0 fully saturated rings. The Balaban J connectivity index is 2.02. The van der Waals surface area contributed by atoms with E-state index in [9.17, 15) is 8.42 Å². The average molecular weight is 342 g/mol. The second kappa shape index (κ2) is 6.12. The van der Waals surface area contributed by atoms with Gasteiger partial charge in [0, 0.05) is 24.8 Å². The van der Waals surface area contributed by atoms with Gasteiger partial charge in [-0.2, -0.15) is 0 Å². The van der Waals surface area contributed by atoms with E-state index in [1.54, 1.807) is 36.8 Å². The number of aryl methyl sites for hydroxylation is 1. The van der Waals surface area contributed by atoms with Gasteiger partial charge in [0.2, 0.25) is 10.0 Å². The smallest absolute Gasteiger partial charge is 0.233 e. The lowest BCUT2D eigenvalue weighted by atomic mass is 10.2. The normalized spacial score (nSPS) is 11.2. The van der Waals surface area contributed by atoms with Crippen LogP contribution in [0.2, 0.25) is 0 Å². The molecular weight excluding hydrogens is 330 g/mol. The maximum absolute atomic E-state index is 12.0. The maximum Gasteiger partial charge on any atom is 0.233 e. The van der Waals surface area contributed by atoms with Crippen molar-refractivity contribution in [2.24, 2.45) is 0 Å². The minimum absolute atomic E-state index is 0.0196. The molecule has 0 amide bonds. The molecular formula is C12H12BrN3O2S. The number of hydrogen-bond acceptors (Lipinski definition) is 4. The first-order valence-corrected chi connectivity index (χ1v) is 8.00. The number of hydrogen-bond donors (Lipinski definition) is 1. The van der Waals surface area contributed by atoms with Gasteiger partial charge in [-0.1, -0.05) is 0 Å². The van der Waals surface area contributed by atoms with Gasteiger partial charge in [-0.3, -0.25) is 14.7 Å². The predicted octanol–water partition coefficient (Wildman–Crippen LogP) is 2.22. The van der Waals surface area contributed by atoms with E-state index in [-0.39, 0.29) is 5.75 Å². The number of rotatable bonds is 5. The van der Waals surface area contributed by atoms with Gasteiger partial charge in [0.1, 0.15) is 0 Å². The Hall–Kier alpha value is -1.47. The number of pyridine rings is 2. The van der Waals surface area contributed by atoms with Crippen LogP contribution < -0.4 is 4.72 Å². The Kier molecular flexibility index (Phi) is 4.49. The van der Waals surface area contributed by atoms with Gasteiger partial charge in [-0.25, -0.2) is 8.42 Å². The number of nitrogens with zero attached hydrogens (tertiary/aromatic N) is 2. The molecule has 2 heterocycles. The first-order valence-electron chi connectivity index (χ1n) is 5.56. The second-order valence-electron chi connectivity index (χ2n) is 3.88. The fraction of sp³-hybridized carbons (Fsp3) is 0.167. The quantitative estimate of drug-likeness (QED) is 0.904. The zero-order valence-electron chi connectivity index (χ0n) is 9.95. The summed E-state index contributed by atoms with van der Waals surface area (Å²) in [7, 11) is -3.38. The molecule has 100 valence electrons. The molecule has 0 unspecified atom stereocenters. The highest BCUT2D eigenvalue weighted by molar-refractivity contribution is 9.10. The predicted molar refractivity (Wildman–Crippen MR) is 77.3 cm³/mol. The lowest BCUT2D eigenvalue weighted by molar-refractivity contribution is 0.600. The average Bonchev–Trinajstić information content (AvgIpc) is 2.40. The summed E-state index contributed by atoms with van der Waals surface area (Å²) in [5.41, 5.74) is 1.43. The number of nitrogens with one attached hydrogen (secondary N) is 1. The van der Waals surface area contributed by atoms with E-state index in [0.29, 0.717) is 16.6 Å². The molecule has 0 spiro atoms. The van der Waals surface area contributed by atoms with Crippen LogP contribution in [0.4, 0.5) is 5.69 Å². The van der Waals surface area contributed by atoms with Crippen LogP contribution in [0.5, 0.6) is 0 Å². The van der Waals surface area contributed by atoms with Crippen LogP contribution >= 0.6 is 15.9 Å². The van der Waals surface area contributed by atoms with E-state index in [0.717, 1.165) is 5.56 Å². The Morgan fingerprint density at radius 3 is 2.47 bits per heavy atom. The molecule has 5 nitrogen and oxygen atoms in total. The first-order chi connectivity index (χ1) is 9.07. The molecule has 19 heavy (non-hydrogen) atoms. The molecule has 0 atom stereocenters. The van der Waals surface area contributed by atoms with Crippen molar-refractivity contribution in [3.8, 4) is 0 Å². The summed E-state index contributed by atoms with van der Waals surface area (Å²) in [6, 6.07) is 5.21. The SMILES string of the molecule is O=S(=O)(CCc1ccncc1)Nc1ccncc1Br. The van der Waals surface area contributed by atoms with E-state index in [2.05, 4.69) is 30.6 Å². The molecule has 2 aromatic rings. The van der Waals surface area contributed by atoms with Gasteiger partial charge in [0.15, 0.2) is 0 Å². The molecule has 0 saturated carbocycles. The molecule has 2 aromatic heterocycles. The second-order valence-corrected chi connectivity index (χ2v) is 6.58. The number of aromatic nitrogens is 2. The summed E-state index contributed by atoms with van der Waals surface area (Å²) in [6.07, 6.45) is 6.82. The lowest BCUT2D eigenvalue weighted by Gasteiger charge is -2.09. The molecule has 0 aliphatic heterocycles. The van der Waals surface area contributed by atoms with Crippen LogP contribution in [0.15, 0.2) is 47.5 Å². The molecule has 0 radical (unpaired) electrons. The summed E-state index contributed by atoms with van der Waals surface area (Å²) in [5, 5.41) is 0. The maximum atomic E-state index is 12.0. The van der Waals surface area contributed by atoms with Crippen LogP contribution in [0, 0.1) is 0 Å². The summed E-state index contributed by atoms with van der Waals surface area (Å²) in [4.78, 5) is 7.77. The van der Waals surface area contributed by atoms with Gasteiger partial charge >= 0.3 is 0 Å². The highest BCUT2D eigenvalue weighted by Crippen LogP contribution is 2.21. The molecule has 2 rings (SSSR count). The van der Waals surface area contributed by atoms with Crippen molar-refractivity contribution < 1.29 is 8.42 Å². The molecule has 0 aromatic carbocycles. The fourth-order valence-corrected chi connectivity index (χ4v) is 3.08. The summed E-state index contributed by atoms with van der Waals surface area (Å²) >= 11 is 3.25. The zero-order valence-corrected chi connectivity index (χ0v) is 12.4. The number of sulfonamides is 1. The standard InChI is InChI=1S/C12H12BrN3O2S/c13-11-9-15-7-3-12(11)16-19(17,18)8-4-10-1-5-14-6-2-10/h1-3,5-7,9H,4,8H2,(H,15,16). The van der Waals surface area contributed by atoms with Gasteiger partial charge in [-0.05, 0) is 46.1 Å². The first kappa shape index (κ1) is 14.0. The lowest BCUT2D eigenvalue weighted by Crippen LogP contribution is -2.18. The van der Waals surface area contributed by atoms with Crippen molar-refractivity contribution in [2.45, 2.75) is 6.42 Å². The van der Waals surface area contributed by atoms with E-state index >= 15 is 0 Å². The fourth-order valence-electron chi connectivity index (χ4n) is 1.48. The number of halogens is 1. The van der Waals surface area contributed by atoms with Crippen LogP contribution in [-0.2, 0) is 16.4 Å². The van der Waals surface area contributed by atoms with Crippen molar-refractivity contribution >= 4 is 31.6 Å². The third-order valence-electron chi connectivity index (χ3n) is 2.45. The Morgan fingerprint density at radius 2 is 1.79 bits per heavy atom. The minimum Gasteiger partial charge on any atom is -0.282 e. The topological polar surface area (TPSA) is 72.0 Å². The van der Waals surface area contributed by atoms with Gasteiger partial charge in [-0.15, -0.1) is 0 Å². The highest BCUT2D eigenvalue weighted by atomic mass is 79.9.